The lowest BCUT2D eigenvalue weighted by Gasteiger charge is -1.90. The summed E-state index contributed by atoms with van der Waals surface area (Å²) in [6.45, 7) is 0.134. The Bertz CT molecular complexity index is 478. The summed E-state index contributed by atoms with van der Waals surface area (Å²) in [5.74, 6) is 0.687. The lowest BCUT2D eigenvalue weighted by Crippen LogP contribution is -1.92. The fraction of sp³-hybridized carbons (Fsp3) is 0.300. The lowest BCUT2D eigenvalue weighted by atomic mass is 10.3. The summed E-state index contributed by atoms with van der Waals surface area (Å²) in [5.41, 5.74) is 1.25. The van der Waals surface area contributed by atoms with E-state index in [1.54, 1.807) is 22.8 Å². The highest BCUT2D eigenvalue weighted by Crippen LogP contribution is 2.05. The number of fused-ring (bicyclic) bond motifs is 1. The molecule has 2 rings (SSSR count). The van der Waals surface area contributed by atoms with Crippen LogP contribution in [-0.2, 0) is 6.42 Å². The van der Waals surface area contributed by atoms with Gasteiger partial charge >= 0.3 is 0 Å². The molecule has 1 N–H and O–H groups in total. The number of hydrogen-bond donors (Lipinski definition) is 1. The first-order chi connectivity index (χ1) is 7.33. The van der Waals surface area contributed by atoms with Crippen molar-refractivity contribution in [2.45, 2.75) is 12.8 Å². The van der Waals surface area contributed by atoms with Crippen LogP contribution in [0.25, 0.3) is 5.65 Å². The number of carbonyl (C=O) groups is 1. The second kappa shape index (κ2) is 4.18. The van der Waals surface area contributed by atoms with Crippen molar-refractivity contribution < 1.29 is 9.90 Å². The molecule has 0 atom stereocenters. The molecule has 5 heteroatoms. The summed E-state index contributed by atoms with van der Waals surface area (Å²) in [7, 11) is 0. The normalized spacial score (nSPS) is 10.7. The third kappa shape index (κ3) is 2.02. The number of aldehydes is 1. The molecule has 0 radical (unpaired) electrons. The fourth-order valence-electron chi connectivity index (χ4n) is 1.36. The van der Waals surface area contributed by atoms with Gasteiger partial charge in [-0.25, -0.2) is 9.50 Å². The zero-order chi connectivity index (χ0) is 10.7. The minimum absolute atomic E-state index is 0.134. The van der Waals surface area contributed by atoms with Gasteiger partial charge in [0.15, 0.2) is 11.5 Å². The van der Waals surface area contributed by atoms with Crippen LogP contribution in [0.15, 0.2) is 18.3 Å². The average molecular weight is 205 g/mol. The number of aryl methyl sites for hydroxylation is 1. The van der Waals surface area contributed by atoms with E-state index in [1.807, 2.05) is 0 Å². The number of hydrogen-bond acceptors (Lipinski definition) is 4. The summed E-state index contributed by atoms with van der Waals surface area (Å²) in [4.78, 5) is 14.8. The van der Waals surface area contributed by atoms with Gasteiger partial charge in [-0.15, -0.1) is 0 Å². The Labute approximate surface area is 86.4 Å². The van der Waals surface area contributed by atoms with Crippen molar-refractivity contribution in [3.05, 3.63) is 29.7 Å². The van der Waals surface area contributed by atoms with Crippen LogP contribution < -0.4 is 0 Å². The molecular weight excluding hydrogens is 194 g/mol. The van der Waals surface area contributed by atoms with Gasteiger partial charge in [0.05, 0.1) is 0 Å². The Morgan fingerprint density at radius 3 is 3.13 bits per heavy atom. The van der Waals surface area contributed by atoms with E-state index in [4.69, 9.17) is 5.11 Å². The Balaban J connectivity index is 2.33. The van der Waals surface area contributed by atoms with Crippen molar-refractivity contribution in [1.82, 2.24) is 14.6 Å². The van der Waals surface area contributed by atoms with Gasteiger partial charge in [-0.05, 0) is 18.6 Å². The van der Waals surface area contributed by atoms with E-state index in [-0.39, 0.29) is 6.61 Å². The van der Waals surface area contributed by atoms with Crippen molar-refractivity contribution in [3.8, 4) is 0 Å². The molecule has 0 spiro atoms. The summed E-state index contributed by atoms with van der Waals surface area (Å²) in [5, 5.41) is 12.9. The molecule has 78 valence electrons. The molecule has 0 unspecified atom stereocenters. The molecule has 0 aliphatic heterocycles. The Morgan fingerprint density at radius 2 is 2.40 bits per heavy atom. The Morgan fingerprint density at radius 1 is 1.53 bits per heavy atom. The third-order valence-corrected chi connectivity index (χ3v) is 2.10. The largest absolute Gasteiger partial charge is 0.396 e. The van der Waals surface area contributed by atoms with Crippen LogP contribution in [0.2, 0.25) is 0 Å². The highest BCUT2D eigenvalue weighted by atomic mass is 16.2. The van der Waals surface area contributed by atoms with E-state index in [1.165, 1.54) is 0 Å². The number of aliphatic hydroxyl groups is 1. The van der Waals surface area contributed by atoms with Crippen LogP contribution in [0.5, 0.6) is 0 Å². The number of aliphatic hydroxyl groups excluding tert-OH is 1. The smallest absolute Gasteiger partial charge is 0.156 e. The maximum Gasteiger partial charge on any atom is 0.156 e. The third-order valence-electron chi connectivity index (χ3n) is 2.10. The first-order valence-corrected chi connectivity index (χ1v) is 4.75. The van der Waals surface area contributed by atoms with E-state index < -0.39 is 0 Å². The second-order valence-electron chi connectivity index (χ2n) is 3.24. The van der Waals surface area contributed by atoms with Gasteiger partial charge in [-0.2, -0.15) is 5.10 Å². The van der Waals surface area contributed by atoms with E-state index in [0.717, 1.165) is 6.29 Å². The van der Waals surface area contributed by atoms with Crippen molar-refractivity contribution in [2.75, 3.05) is 6.61 Å². The van der Waals surface area contributed by atoms with Gasteiger partial charge in [0, 0.05) is 24.8 Å². The SMILES string of the molecule is O=Cc1ccn2nc(CCCO)nc2c1. The lowest BCUT2D eigenvalue weighted by molar-refractivity contribution is 0.112. The topological polar surface area (TPSA) is 67.5 Å². The van der Waals surface area contributed by atoms with Crippen LogP contribution in [0, 0.1) is 0 Å². The minimum atomic E-state index is 0.134. The quantitative estimate of drug-likeness (QED) is 0.736. The molecule has 0 aliphatic carbocycles. The summed E-state index contributed by atoms with van der Waals surface area (Å²) in [6.07, 6.45) is 3.78. The van der Waals surface area contributed by atoms with Gasteiger partial charge in [0.25, 0.3) is 0 Å². The molecule has 15 heavy (non-hydrogen) atoms. The summed E-state index contributed by atoms with van der Waals surface area (Å²) < 4.78 is 1.62. The summed E-state index contributed by atoms with van der Waals surface area (Å²) in [6, 6.07) is 3.37. The number of pyridine rings is 1. The Kier molecular flexibility index (Phi) is 2.73. The van der Waals surface area contributed by atoms with Gasteiger partial charge in [-0.3, -0.25) is 4.79 Å². The first kappa shape index (κ1) is 9.79. The predicted molar refractivity (Wildman–Crippen MR) is 53.8 cm³/mol. The summed E-state index contributed by atoms with van der Waals surface area (Å²) >= 11 is 0. The van der Waals surface area contributed by atoms with Crippen LogP contribution >= 0.6 is 0 Å². The maximum atomic E-state index is 10.5. The van der Waals surface area contributed by atoms with Crippen molar-refractivity contribution in [2.24, 2.45) is 0 Å². The van der Waals surface area contributed by atoms with Crippen LogP contribution in [0.3, 0.4) is 0 Å². The molecule has 0 saturated carbocycles. The highest BCUT2D eigenvalue weighted by molar-refractivity contribution is 5.76. The highest BCUT2D eigenvalue weighted by Gasteiger charge is 2.03. The molecule has 0 fully saturated rings. The number of rotatable bonds is 4. The van der Waals surface area contributed by atoms with E-state index >= 15 is 0 Å². The van der Waals surface area contributed by atoms with Crippen LogP contribution in [0.4, 0.5) is 0 Å². The second-order valence-corrected chi connectivity index (χ2v) is 3.24. The van der Waals surface area contributed by atoms with Gasteiger partial charge < -0.3 is 5.11 Å². The maximum absolute atomic E-state index is 10.5. The molecule has 0 saturated heterocycles. The van der Waals surface area contributed by atoms with Gasteiger partial charge in [-0.1, -0.05) is 0 Å². The molecule has 2 aromatic rings. The van der Waals surface area contributed by atoms with E-state index in [0.29, 0.717) is 29.9 Å². The van der Waals surface area contributed by atoms with Gasteiger partial charge in [0.2, 0.25) is 0 Å². The molecule has 0 amide bonds. The monoisotopic (exact) mass is 205 g/mol. The van der Waals surface area contributed by atoms with E-state index in [9.17, 15) is 4.79 Å². The van der Waals surface area contributed by atoms with E-state index in [2.05, 4.69) is 10.1 Å². The van der Waals surface area contributed by atoms with Crippen molar-refractivity contribution in [1.29, 1.82) is 0 Å². The zero-order valence-corrected chi connectivity index (χ0v) is 8.13. The molecule has 2 aromatic heterocycles. The molecule has 5 nitrogen and oxygen atoms in total. The number of nitrogens with zero attached hydrogens (tertiary/aromatic N) is 3. The molecule has 0 aliphatic rings. The van der Waals surface area contributed by atoms with Crippen LogP contribution in [0.1, 0.15) is 22.6 Å². The van der Waals surface area contributed by atoms with Crippen LogP contribution in [-0.4, -0.2) is 32.6 Å². The minimum Gasteiger partial charge on any atom is -0.396 e. The first-order valence-electron chi connectivity index (χ1n) is 4.75. The number of carbonyl (C=O) groups excluding carboxylic acids is 1. The van der Waals surface area contributed by atoms with Crippen molar-refractivity contribution >= 4 is 11.9 Å². The standard InChI is InChI=1S/C10H11N3O2/c14-5-1-2-9-11-10-6-8(7-15)3-4-13(10)12-9/h3-4,6-7,14H,1-2,5H2. The average Bonchev–Trinajstić information content (AvgIpc) is 2.67. The Hall–Kier alpha value is -1.75. The molecule has 0 aromatic carbocycles. The molecule has 0 bridgehead atoms. The van der Waals surface area contributed by atoms with Gasteiger partial charge in [0.1, 0.15) is 6.29 Å². The van der Waals surface area contributed by atoms with Crippen molar-refractivity contribution in [3.63, 3.8) is 0 Å². The molecular formula is C10H11N3O2. The zero-order valence-electron chi connectivity index (χ0n) is 8.13. The molecule has 2 heterocycles. The number of aromatic nitrogens is 3. The fourth-order valence-corrected chi connectivity index (χ4v) is 1.36. The predicted octanol–water partition coefficient (Wildman–Crippen LogP) is 0.467.